The van der Waals surface area contributed by atoms with E-state index in [-0.39, 0.29) is 30.3 Å². The SMILES string of the molecule is N#Cc1cnc(NCc2ccccc2OC(F)(F)F)nc1NCC12CC3C[C@H](C1)C(NCC(O)CCO)[C@@H](C3)C2. The quantitative estimate of drug-likeness (QED) is 0.263. The number of alkyl halides is 3. The normalized spacial score (nSPS) is 27.7. The number of para-hydroxylation sites is 1. The molecule has 0 saturated heterocycles. The molecule has 2 aromatic rings. The number of nitriles is 1. The van der Waals surface area contributed by atoms with Crippen molar-refractivity contribution in [3.05, 3.63) is 41.6 Å². The summed E-state index contributed by atoms with van der Waals surface area (Å²) in [5, 5.41) is 38.7. The number of nitrogens with one attached hydrogen (secondary N) is 3. The summed E-state index contributed by atoms with van der Waals surface area (Å²) in [6, 6.07) is 8.35. The summed E-state index contributed by atoms with van der Waals surface area (Å²) in [5.41, 5.74) is 0.689. The van der Waals surface area contributed by atoms with Crippen LogP contribution in [0.25, 0.3) is 0 Å². The average Bonchev–Trinajstić information content (AvgIpc) is 2.90. The maximum absolute atomic E-state index is 12.8. The van der Waals surface area contributed by atoms with Crippen molar-refractivity contribution in [2.45, 2.75) is 63.6 Å². The van der Waals surface area contributed by atoms with Crippen LogP contribution in [0.3, 0.4) is 0 Å². The Morgan fingerprint density at radius 2 is 1.90 bits per heavy atom. The lowest BCUT2D eigenvalue weighted by atomic mass is 9.48. The number of ether oxygens (including phenoxy) is 1. The molecule has 4 saturated carbocycles. The first-order valence-corrected chi connectivity index (χ1v) is 13.8. The van der Waals surface area contributed by atoms with E-state index in [1.807, 2.05) is 0 Å². The molecule has 6 atom stereocenters. The van der Waals surface area contributed by atoms with Gasteiger partial charge >= 0.3 is 6.36 Å². The van der Waals surface area contributed by atoms with Crippen molar-refractivity contribution < 1.29 is 28.1 Å². The third kappa shape index (κ3) is 6.59. The van der Waals surface area contributed by atoms with Crippen LogP contribution in [0, 0.1) is 34.5 Å². The van der Waals surface area contributed by atoms with Crippen molar-refractivity contribution in [1.29, 1.82) is 5.26 Å². The second-order valence-electron chi connectivity index (χ2n) is 11.5. The van der Waals surface area contributed by atoms with Crippen LogP contribution < -0.4 is 20.7 Å². The van der Waals surface area contributed by atoms with Gasteiger partial charge in [-0.25, -0.2) is 4.98 Å². The standard InChI is InChI=1S/C28H35F3N6O3/c29-28(30,31)40-23-4-2-1-3-18(23)13-34-26-35-14-21(12-32)25(37-26)36-16-27-9-17-7-19(10-27)24(20(8-17)11-27)33-15-22(39)5-6-38/h1-4,14,17,19-20,22,24,33,38-39H,5-11,13,15-16H2,(H2,34,35,36,37)/t17?,19-,20+,22?,24?,27?. The van der Waals surface area contributed by atoms with E-state index in [4.69, 9.17) is 5.11 Å². The zero-order chi connectivity index (χ0) is 28.3. The Labute approximate surface area is 231 Å². The molecule has 216 valence electrons. The highest BCUT2D eigenvalue weighted by molar-refractivity contribution is 5.53. The highest BCUT2D eigenvalue weighted by Crippen LogP contribution is 2.60. The number of nitrogens with zero attached hydrogens (tertiary/aromatic N) is 3. The van der Waals surface area contributed by atoms with Crippen LogP contribution in [0.4, 0.5) is 24.9 Å². The summed E-state index contributed by atoms with van der Waals surface area (Å²) in [5.74, 6) is 2.00. The Kier molecular flexibility index (Phi) is 8.35. The lowest BCUT2D eigenvalue weighted by Crippen LogP contribution is -2.60. The van der Waals surface area contributed by atoms with Crippen LogP contribution in [0.15, 0.2) is 30.5 Å². The van der Waals surface area contributed by atoms with E-state index in [9.17, 15) is 23.5 Å². The third-order valence-electron chi connectivity index (χ3n) is 8.63. The maximum Gasteiger partial charge on any atom is 0.573 e. The molecular weight excluding hydrogens is 525 g/mol. The fourth-order valence-corrected chi connectivity index (χ4v) is 7.27. The van der Waals surface area contributed by atoms with Crippen LogP contribution in [-0.2, 0) is 6.54 Å². The fourth-order valence-electron chi connectivity index (χ4n) is 7.27. The number of halogens is 3. The van der Waals surface area contributed by atoms with Crippen LogP contribution >= 0.6 is 0 Å². The Hall–Kier alpha value is -3.14. The zero-order valence-electron chi connectivity index (χ0n) is 22.1. The van der Waals surface area contributed by atoms with Crippen LogP contribution in [0.2, 0.25) is 0 Å². The lowest BCUT2D eigenvalue weighted by Gasteiger charge is -2.60. The number of hydrogen-bond acceptors (Lipinski definition) is 9. The largest absolute Gasteiger partial charge is 0.573 e. The van der Waals surface area contributed by atoms with Gasteiger partial charge in [-0.2, -0.15) is 10.2 Å². The summed E-state index contributed by atoms with van der Waals surface area (Å²) in [6.07, 6.45) is 2.02. The first kappa shape index (κ1) is 28.4. The molecule has 4 bridgehead atoms. The molecule has 0 aliphatic heterocycles. The van der Waals surface area contributed by atoms with E-state index >= 15 is 0 Å². The van der Waals surface area contributed by atoms with Crippen molar-refractivity contribution in [2.75, 3.05) is 30.3 Å². The number of anilines is 2. The predicted molar refractivity (Wildman–Crippen MR) is 141 cm³/mol. The summed E-state index contributed by atoms with van der Waals surface area (Å²) in [6.45, 7) is 1.14. The first-order chi connectivity index (χ1) is 19.2. The molecule has 5 N–H and O–H groups in total. The summed E-state index contributed by atoms with van der Waals surface area (Å²) >= 11 is 0. The topological polar surface area (TPSA) is 135 Å². The third-order valence-corrected chi connectivity index (χ3v) is 8.63. The number of aliphatic hydroxyl groups is 2. The first-order valence-electron chi connectivity index (χ1n) is 13.8. The van der Waals surface area contributed by atoms with Gasteiger partial charge in [-0.15, -0.1) is 13.2 Å². The predicted octanol–water partition coefficient (Wildman–Crippen LogP) is 3.80. The molecule has 1 aromatic carbocycles. The smallest absolute Gasteiger partial charge is 0.405 e. The molecule has 4 aliphatic carbocycles. The van der Waals surface area contributed by atoms with E-state index in [2.05, 4.69) is 36.7 Å². The van der Waals surface area contributed by atoms with E-state index in [1.54, 1.807) is 6.07 Å². The van der Waals surface area contributed by atoms with Gasteiger partial charge in [-0.1, -0.05) is 18.2 Å². The second-order valence-corrected chi connectivity index (χ2v) is 11.5. The number of hydrogen-bond donors (Lipinski definition) is 5. The van der Waals surface area contributed by atoms with E-state index < -0.39 is 12.5 Å². The molecule has 0 radical (unpaired) electrons. The fraction of sp³-hybridized carbons (Fsp3) is 0.607. The Morgan fingerprint density at radius 1 is 1.15 bits per heavy atom. The monoisotopic (exact) mass is 560 g/mol. The summed E-state index contributed by atoms with van der Waals surface area (Å²) in [7, 11) is 0. The van der Waals surface area contributed by atoms with Crippen LogP contribution in [0.1, 0.15) is 49.7 Å². The Morgan fingerprint density at radius 3 is 2.60 bits per heavy atom. The maximum atomic E-state index is 12.8. The molecule has 0 spiro atoms. The molecule has 40 heavy (non-hydrogen) atoms. The van der Waals surface area contributed by atoms with Gasteiger partial charge in [0, 0.05) is 37.8 Å². The van der Waals surface area contributed by atoms with Gasteiger partial charge in [-0.3, -0.25) is 0 Å². The molecule has 9 nitrogen and oxygen atoms in total. The molecule has 1 aromatic heterocycles. The number of aromatic nitrogens is 2. The molecular formula is C28H35F3N6O3. The van der Waals surface area contributed by atoms with Crippen LogP contribution in [-0.4, -0.2) is 58.4 Å². The summed E-state index contributed by atoms with van der Waals surface area (Å²) < 4.78 is 42.4. The molecule has 1 heterocycles. The van der Waals surface area contributed by atoms with Gasteiger partial charge in [0.25, 0.3) is 0 Å². The Balaban J connectivity index is 1.23. The molecule has 6 rings (SSSR count). The molecule has 4 aliphatic rings. The van der Waals surface area contributed by atoms with Gasteiger partial charge in [0.15, 0.2) is 0 Å². The molecule has 4 unspecified atom stereocenters. The van der Waals surface area contributed by atoms with Gasteiger partial charge in [0.2, 0.25) is 5.95 Å². The highest BCUT2D eigenvalue weighted by Gasteiger charge is 2.55. The van der Waals surface area contributed by atoms with Crippen LogP contribution in [0.5, 0.6) is 5.75 Å². The molecule has 12 heteroatoms. The van der Waals surface area contributed by atoms with Gasteiger partial charge in [0.05, 0.1) is 12.3 Å². The van der Waals surface area contributed by atoms with E-state index in [0.29, 0.717) is 60.3 Å². The zero-order valence-corrected chi connectivity index (χ0v) is 22.1. The van der Waals surface area contributed by atoms with Crippen molar-refractivity contribution in [3.8, 4) is 11.8 Å². The minimum atomic E-state index is -4.80. The van der Waals surface area contributed by atoms with Crippen molar-refractivity contribution in [1.82, 2.24) is 15.3 Å². The highest BCUT2D eigenvalue weighted by atomic mass is 19.4. The number of aliphatic hydroxyl groups excluding tert-OH is 2. The molecule has 0 amide bonds. The Bertz CT molecular complexity index is 1210. The lowest BCUT2D eigenvalue weighted by molar-refractivity contribution is -0.274. The van der Waals surface area contributed by atoms with Crippen molar-refractivity contribution >= 4 is 11.8 Å². The second kappa shape index (κ2) is 11.8. The minimum Gasteiger partial charge on any atom is -0.405 e. The number of rotatable bonds is 12. The van der Waals surface area contributed by atoms with Crippen molar-refractivity contribution in [2.24, 2.45) is 23.2 Å². The van der Waals surface area contributed by atoms with Gasteiger partial charge < -0.3 is 30.9 Å². The van der Waals surface area contributed by atoms with Gasteiger partial charge in [0.1, 0.15) is 23.2 Å². The van der Waals surface area contributed by atoms with E-state index in [0.717, 1.165) is 19.3 Å². The average molecular weight is 561 g/mol. The minimum absolute atomic E-state index is 0.00790. The number of benzene rings is 1. The van der Waals surface area contributed by atoms with E-state index in [1.165, 1.54) is 37.2 Å². The van der Waals surface area contributed by atoms with Gasteiger partial charge in [-0.05, 0) is 67.8 Å². The molecule has 4 fully saturated rings. The summed E-state index contributed by atoms with van der Waals surface area (Å²) in [4.78, 5) is 8.65. The van der Waals surface area contributed by atoms with Crippen molar-refractivity contribution in [3.63, 3.8) is 0 Å².